The van der Waals surface area contributed by atoms with E-state index in [9.17, 15) is 4.79 Å². The van der Waals surface area contributed by atoms with Crippen molar-refractivity contribution in [2.24, 2.45) is 0 Å². The minimum absolute atomic E-state index is 0.0117. The minimum atomic E-state index is 0.0117. The zero-order valence-corrected chi connectivity index (χ0v) is 11.2. The average molecular weight is 238 g/mol. The molecule has 0 spiro atoms. The lowest BCUT2D eigenvalue weighted by atomic mass is 10.0. The summed E-state index contributed by atoms with van der Waals surface area (Å²) in [6, 6.07) is 0.255. The van der Waals surface area contributed by atoms with Gasteiger partial charge in [0.05, 0.1) is 6.04 Å². The Hall–Kier alpha value is -0.830. The van der Waals surface area contributed by atoms with E-state index in [1.807, 2.05) is 4.90 Å². The number of nitrogens with zero attached hydrogens (tertiary/aromatic N) is 1. The van der Waals surface area contributed by atoms with E-state index in [2.05, 4.69) is 25.7 Å². The average Bonchev–Trinajstić information content (AvgIpc) is 2.24. The lowest BCUT2D eigenvalue weighted by molar-refractivity contribution is -0.134. The molecule has 1 saturated heterocycles. The molecule has 0 bridgehead atoms. The first-order valence-corrected chi connectivity index (χ1v) is 6.81. The summed E-state index contributed by atoms with van der Waals surface area (Å²) in [5.74, 6) is 0.238. The molecule has 98 valence electrons. The molecule has 1 aliphatic rings. The van der Waals surface area contributed by atoms with Gasteiger partial charge in [-0.3, -0.25) is 4.79 Å². The standard InChI is InChI=1S/C14H26N2O/c1-4-11-16(12(2)3)14(17)13-9-7-5-6-8-10-15-13/h4,12-13,15H,1,5-11H2,2-3H3. The van der Waals surface area contributed by atoms with Crippen molar-refractivity contribution < 1.29 is 4.79 Å². The van der Waals surface area contributed by atoms with Crippen LogP contribution in [0.1, 0.15) is 46.0 Å². The third kappa shape index (κ3) is 4.50. The van der Waals surface area contributed by atoms with Gasteiger partial charge in [-0.05, 0) is 33.2 Å². The molecule has 1 fully saturated rings. The largest absolute Gasteiger partial charge is 0.335 e. The van der Waals surface area contributed by atoms with E-state index >= 15 is 0 Å². The Labute approximate surface area is 105 Å². The van der Waals surface area contributed by atoms with E-state index < -0.39 is 0 Å². The fourth-order valence-corrected chi connectivity index (χ4v) is 2.31. The molecule has 1 aliphatic heterocycles. The first-order chi connectivity index (χ1) is 8.16. The van der Waals surface area contributed by atoms with Crippen molar-refractivity contribution in [2.45, 2.75) is 58.0 Å². The third-order valence-electron chi connectivity index (χ3n) is 3.34. The summed E-state index contributed by atoms with van der Waals surface area (Å²) in [6.07, 6.45) is 7.67. The molecule has 0 aliphatic carbocycles. The van der Waals surface area contributed by atoms with Crippen LogP contribution in [-0.2, 0) is 4.79 Å². The highest BCUT2D eigenvalue weighted by atomic mass is 16.2. The maximum Gasteiger partial charge on any atom is 0.240 e. The zero-order valence-electron chi connectivity index (χ0n) is 11.2. The summed E-state index contributed by atoms with van der Waals surface area (Å²) in [5.41, 5.74) is 0. The predicted molar refractivity (Wildman–Crippen MR) is 71.9 cm³/mol. The number of nitrogens with one attached hydrogen (secondary N) is 1. The normalized spacial score (nSPS) is 21.7. The summed E-state index contributed by atoms with van der Waals surface area (Å²) >= 11 is 0. The highest BCUT2D eigenvalue weighted by Gasteiger charge is 2.25. The van der Waals surface area contributed by atoms with Gasteiger partial charge < -0.3 is 10.2 Å². The lowest BCUT2D eigenvalue weighted by Gasteiger charge is -2.31. The fraction of sp³-hybridized carbons (Fsp3) is 0.786. The maximum absolute atomic E-state index is 12.4. The number of hydrogen-bond donors (Lipinski definition) is 1. The van der Waals surface area contributed by atoms with Crippen LogP contribution in [0.25, 0.3) is 0 Å². The van der Waals surface area contributed by atoms with Gasteiger partial charge in [0, 0.05) is 12.6 Å². The van der Waals surface area contributed by atoms with E-state index in [1.54, 1.807) is 6.08 Å². The van der Waals surface area contributed by atoms with Gasteiger partial charge in [-0.15, -0.1) is 6.58 Å². The second-order valence-electron chi connectivity index (χ2n) is 5.08. The van der Waals surface area contributed by atoms with E-state index in [4.69, 9.17) is 0 Å². The summed E-state index contributed by atoms with van der Waals surface area (Å²) in [4.78, 5) is 14.3. The fourth-order valence-electron chi connectivity index (χ4n) is 2.31. The van der Waals surface area contributed by atoms with Crippen LogP contribution in [0.5, 0.6) is 0 Å². The highest BCUT2D eigenvalue weighted by molar-refractivity contribution is 5.82. The van der Waals surface area contributed by atoms with Crippen LogP contribution in [0.2, 0.25) is 0 Å². The summed E-state index contributed by atoms with van der Waals surface area (Å²) < 4.78 is 0. The second kappa shape index (κ2) is 7.49. The van der Waals surface area contributed by atoms with Crippen LogP contribution in [0.4, 0.5) is 0 Å². The van der Waals surface area contributed by atoms with Crippen LogP contribution >= 0.6 is 0 Å². The molecule has 1 amide bonds. The molecular formula is C14H26N2O. The molecule has 0 aromatic rings. The Morgan fingerprint density at radius 1 is 1.41 bits per heavy atom. The number of carbonyl (C=O) groups is 1. The molecule has 0 radical (unpaired) electrons. The predicted octanol–water partition coefficient (Wildman–Crippen LogP) is 2.33. The number of hydrogen-bond acceptors (Lipinski definition) is 2. The molecule has 1 rings (SSSR count). The molecule has 1 atom stereocenters. The van der Waals surface area contributed by atoms with Gasteiger partial charge in [0.25, 0.3) is 0 Å². The van der Waals surface area contributed by atoms with Gasteiger partial charge in [0.1, 0.15) is 0 Å². The van der Waals surface area contributed by atoms with E-state index in [0.29, 0.717) is 6.54 Å². The minimum Gasteiger partial charge on any atom is -0.335 e. The monoisotopic (exact) mass is 238 g/mol. The van der Waals surface area contributed by atoms with Crippen molar-refractivity contribution in [3.05, 3.63) is 12.7 Å². The molecule has 1 N–H and O–H groups in total. The van der Waals surface area contributed by atoms with E-state index in [-0.39, 0.29) is 18.0 Å². The third-order valence-corrected chi connectivity index (χ3v) is 3.34. The van der Waals surface area contributed by atoms with Crippen LogP contribution in [0.3, 0.4) is 0 Å². The van der Waals surface area contributed by atoms with E-state index in [1.165, 1.54) is 19.3 Å². The van der Waals surface area contributed by atoms with Crippen molar-refractivity contribution in [2.75, 3.05) is 13.1 Å². The molecule has 3 heteroatoms. The van der Waals surface area contributed by atoms with Gasteiger partial charge in [-0.1, -0.05) is 25.3 Å². The quantitative estimate of drug-likeness (QED) is 0.762. The number of carbonyl (C=O) groups excluding carboxylic acids is 1. The Kier molecular flexibility index (Phi) is 6.27. The zero-order chi connectivity index (χ0) is 12.7. The lowest BCUT2D eigenvalue weighted by Crippen LogP contribution is -2.49. The Balaban J connectivity index is 2.59. The Morgan fingerprint density at radius 3 is 2.76 bits per heavy atom. The van der Waals surface area contributed by atoms with Crippen molar-refractivity contribution >= 4 is 5.91 Å². The van der Waals surface area contributed by atoms with Gasteiger partial charge in [-0.2, -0.15) is 0 Å². The smallest absolute Gasteiger partial charge is 0.240 e. The van der Waals surface area contributed by atoms with Crippen LogP contribution < -0.4 is 5.32 Å². The number of rotatable bonds is 4. The molecule has 3 nitrogen and oxygen atoms in total. The highest BCUT2D eigenvalue weighted by Crippen LogP contribution is 2.13. The summed E-state index contributed by atoms with van der Waals surface area (Å²) in [5, 5.41) is 3.39. The van der Waals surface area contributed by atoms with Crippen molar-refractivity contribution in [1.82, 2.24) is 10.2 Å². The SMILES string of the molecule is C=CCN(C(=O)C1CCCCCCN1)C(C)C. The first-order valence-electron chi connectivity index (χ1n) is 6.81. The Bertz CT molecular complexity index is 243. The van der Waals surface area contributed by atoms with Gasteiger partial charge >= 0.3 is 0 Å². The van der Waals surface area contributed by atoms with Crippen LogP contribution in [0.15, 0.2) is 12.7 Å². The Morgan fingerprint density at radius 2 is 2.12 bits per heavy atom. The van der Waals surface area contributed by atoms with Crippen molar-refractivity contribution in [1.29, 1.82) is 0 Å². The van der Waals surface area contributed by atoms with Gasteiger partial charge in [0.15, 0.2) is 0 Å². The first kappa shape index (κ1) is 14.2. The molecule has 0 aromatic carbocycles. The van der Waals surface area contributed by atoms with Crippen LogP contribution in [0, 0.1) is 0 Å². The summed E-state index contributed by atoms with van der Waals surface area (Å²) in [7, 11) is 0. The molecule has 17 heavy (non-hydrogen) atoms. The molecule has 1 heterocycles. The van der Waals surface area contributed by atoms with Gasteiger partial charge in [0.2, 0.25) is 5.91 Å². The van der Waals surface area contributed by atoms with Crippen molar-refractivity contribution in [3.63, 3.8) is 0 Å². The molecule has 0 aromatic heterocycles. The number of amides is 1. The molecule has 0 saturated carbocycles. The van der Waals surface area contributed by atoms with E-state index in [0.717, 1.165) is 19.4 Å². The van der Waals surface area contributed by atoms with Crippen molar-refractivity contribution in [3.8, 4) is 0 Å². The van der Waals surface area contributed by atoms with Crippen LogP contribution in [-0.4, -0.2) is 36.0 Å². The summed E-state index contributed by atoms with van der Waals surface area (Å²) in [6.45, 7) is 9.47. The molecule has 1 unspecified atom stereocenters. The topological polar surface area (TPSA) is 32.3 Å². The van der Waals surface area contributed by atoms with Gasteiger partial charge in [-0.25, -0.2) is 0 Å². The maximum atomic E-state index is 12.4. The second-order valence-corrected chi connectivity index (χ2v) is 5.08. The molecular weight excluding hydrogens is 212 g/mol.